The Morgan fingerprint density at radius 2 is 1.74 bits per heavy atom. The first-order chi connectivity index (χ1) is 16.4. The van der Waals surface area contributed by atoms with Crippen LogP contribution in [0.2, 0.25) is 0 Å². The van der Waals surface area contributed by atoms with Gasteiger partial charge in [-0.3, -0.25) is 4.90 Å². The molecule has 0 spiro atoms. The summed E-state index contributed by atoms with van der Waals surface area (Å²) in [6, 6.07) is 14.1. The van der Waals surface area contributed by atoms with Gasteiger partial charge < -0.3 is 5.11 Å². The molecule has 0 saturated carbocycles. The van der Waals surface area contributed by atoms with Gasteiger partial charge in [-0.05, 0) is 55.6 Å². The van der Waals surface area contributed by atoms with E-state index in [1.54, 1.807) is 36.0 Å². The van der Waals surface area contributed by atoms with E-state index in [0.29, 0.717) is 5.65 Å². The molecule has 1 unspecified atom stereocenters. The minimum atomic E-state index is -2.88. The van der Waals surface area contributed by atoms with Crippen molar-refractivity contribution in [3.05, 3.63) is 78.2 Å². The molecule has 1 N–H and O–H groups in total. The molecule has 3 heterocycles. The molecule has 2 aromatic carbocycles. The van der Waals surface area contributed by atoms with E-state index in [0.717, 1.165) is 60.2 Å². The van der Waals surface area contributed by atoms with Gasteiger partial charge in [0.25, 0.3) is 5.92 Å². The Hall–Kier alpha value is -3.16. The van der Waals surface area contributed by atoms with Crippen LogP contribution in [-0.4, -0.2) is 44.2 Å². The Balaban J connectivity index is 1.38. The topological polar surface area (TPSA) is 53.7 Å². The van der Waals surface area contributed by atoms with Gasteiger partial charge in [0.05, 0.1) is 18.8 Å². The van der Waals surface area contributed by atoms with Crippen LogP contribution in [0.5, 0.6) is 0 Å². The van der Waals surface area contributed by atoms with E-state index < -0.39 is 12.0 Å². The highest BCUT2D eigenvalue weighted by Crippen LogP contribution is 2.32. The number of nitrogens with zero attached hydrogens (tertiary/aromatic N) is 4. The second-order valence-electron chi connectivity index (χ2n) is 9.09. The Morgan fingerprint density at radius 1 is 0.971 bits per heavy atom. The molecule has 5 nitrogen and oxygen atoms in total. The highest BCUT2D eigenvalue weighted by atomic mass is 19.3. The largest absolute Gasteiger partial charge is 0.389 e. The van der Waals surface area contributed by atoms with E-state index in [1.165, 1.54) is 12.1 Å². The van der Waals surface area contributed by atoms with Crippen LogP contribution in [0.4, 0.5) is 8.78 Å². The SMILES string of the molecule is CC(O)c1cccc(-c2cnn3cc(-c4ccc(C(F)(F)CN5CCCCC5)cc4)cnc23)c1. The summed E-state index contributed by atoms with van der Waals surface area (Å²) in [7, 11) is 0. The molecule has 1 saturated heterocycles. The Bertz CT molecular complexity index is 1280. The average molecular weight is 463 g/mol. The van der Waals surface area contributed by atoms with Gasteiger partial charge in [-0.1, -0.05) is 48.9 Å². The smallest absolute Gasteiger partial charge is 0.285 e. The molecule has 1 atom stereocenters. The third kappa shape index (κ3) is 4.58. The summed E-state index contributed by atoms with van der Waals surface area (Å²) in [6.45, 7) is 2.99. The van der Waals surface area contributed by atoms with Crippen LogP contribution in [-0.2, 0) is 5.92 Å². The molecule has 1 fully saturated rings. The van der Waals surface area contributed by atoms with Crippen LogP contribution in [0.15, 0.2) is 67.1 Å². The second kappa shape index (κ2) is 9.24. The Kier molecular flexibility index (Phi) is 6.15. The van der Waals surface area contributed by atoms with Crippen LogP contribution in [0, 0.1) is 0 Å². The van der Waals surface area contributed by atoms with E-state index in [1.807, 2.05) is 35.4 Å². The number of benzene rings is 2. The lowest BCUT2D eigenvalue weighted by molar-refractivity contribution is -0.0415. The quantitative estimate of drug-likeness (QED) is 0.400. The average Bonchev–Trinajstić information content (AvgIpc) is 3.28. The Morgan fingerprint density at radius 3 is 2.47 bits per heavy atom. The molecule has 1 aliphatic heterocycles. The van der Waals surface area contributed by atoms with Crippen LogP contribution >= 0.6 is 0 Å². The molecule has 4 aromatic rings. The molecule has 176 valence electrons. The molecule has 0 aliphatic carbocycles. The van der Waals surface area contributed by atoms with E-state index in [4.69, 9.17) is 0 Å². The maximum Gasteiger partial charge on any atom is 0.285 e. The lowest BCUT2D eigenvalue weighted by Crippen LogP contribution is -2.38. The van der Waals surface area contributed by atoms with Crippen molar-refractivity contribution in [1.82, 2.24) is 19.5 Å². The molecule has 0 radical (unpaired) electrons. The first kappa shape index (κ1) is 22.6. The standard InChI is InChI=1S/C27H28F2N4O/c1-19(34)21-6-5-7-22(14-21)25-16-31-33-17-23(15-30-26(25)33)20-8-10-24(11-9-20)27(28,29)18-32-12-3-2-4-13-32/h5-11,14-17,19,34H,2-4,12-13,18H2,1H3. The number of aromatic nitrogens is 3. The molecule has 34 heavy (non-hydrogen) atoms. The van der Waals surface area contributed by atoms with Gasteiger partial charge in [0, 0.05) is 29.1 Å². The predicted octanol–water partition coefficient (Wildman–Crippen LogP) is 5.69. The number of alkyl halides is 2. The summed E-state index contributed by atoms with van der Waals surface area (Å²) in [5.74, 6) is -2.88. The number of hydrogen-bond acceptors (Lipinski definition) is 4. The molecule has 2 aromatic heterocycles. The lowest BCUT2D eigenvalue weighted by Gasteiger charge is -2.30. The summed E-state index contributed by atoms with van der Waals surface area (Å²) in [5.41, 5.74) is 4.94. The van der Waals surface area contributed by atoms with Gasteiger partial charge in [0.15, 0.2) is 5.65 Å². The van der Waals surface area contributed by atoms with Crippen LogP contribution in [0.25, 0.3) is 27.9 Å². The zero-order valence-corrected chi connectivity index (χ0v) is 19.2. The minimum Gasteiger partial charge on any atom is -0.389 e. The Labute approximate surface area is 197 Å². The molecular weight excluding hydrogens is 434 g/mol. The number of fused-ring (bicyclic) bond motifs is 1. The number of hydrogen-bond donors (Lipinski definition) is 1. The van der Waals surface area contributed by atoms with Crippen molar-refractivity contribution in [3.63, 3.8) is 0 Å². The van der Waals surface area contributed by atoms with E-state index >= 15 is 0 Å². The summed E-state index contributed by atoms with van der Waals surface area (Å²) in [4.78, 5) is 6.46. The molecule has 5 rings (SSSR count). The highest BCUT2D eigenvalue weighted by Gasteiger charge is 2.34. The van der Waals surface area contributed by atoms with Gasteiger partial charge in [0.2, 0.25) is 0 Å². The van der Waals surface area contributed by atoms with Gasteiger partial charge in [-0.15, -0.1) is 0 Å². The summed E-state index contributed by atoms with van der Waals surface area (Å²) in [6.07, 6.45) is 7.89. The summed E-state index contributed by atoms with van der Waals surface area (Å²) in [5, 5.41) is 14.3. The van der Waals surface area contributed by atoms with Gasteiger partial charge in [0.1, 0.15) is 0 Å². The molecule has 1 aliphatic rings. The van der Waals surface area contributed by atoms with Gasteiger partial charge in [-0.25, -0.2) is 9.50 Å². The van der Waals surface area contributed by atoms with Gasteiger partial charge in [-0.2, -0.15) is 13.9 Å². The molecular formula is C27H28F2N4O. The molecule has 7 heteroatoms. The fraction of sp³-hybridized carbons (Fsp3) is 0.333. The minimum absolute atomic E-state index is 0.0372. The number of piperidine rings is 1. The molecule has 0 amide bonds. The van der Waals surface area contributed by atoms with E-state index in [-0.39, 0.29) is 12.1 Å². The van der Waals surface area contributed by atoms with Crippen molar-refractivity contribution in [1.29, 1.82) is 0 Å². The van der Waals surface area contributed by atoms with Crippen molar-refractivity contribution in [2.45, 2.75) is 38.2 Å². The first-order valence-corrected chi connectivity index (χ1v) is 11.7. The number of aliphatic hydroxyl groups excluding tert-OH is 1. The zero-order valence-electron chi connectivity index (χ0n) is 19.2. The van der Waals surface area contributed by atoms with Crippen molar-refractivity contribution >= 4 is 5.65 Å². The van der Waals surface area contributed by atoms with E-state index in [9.17, 15) is 13.9 Å². The van der Waals surface area contributed by atoms with Crippen molar-refractivity contribution in [3.8, 4) is 22.3 Å². The number of likely N-dealkylation sites (tertiary alicyclic amines) is 1. The van der Waals surface area contributed by atoms with Crippen molar-refractivity contribution < 1.29 is 13.9 Å². The predicted molar refractivity (Wildman–Crippen MR) is 129 cm³/mol. The van der Waals surface area contributed by atoms with Crippen LogP contribution in [0.1, 0.15) is 43.4 Å². The third-order valence-electron chi connectivity index (χ3n) is 6.55. The van der Waals surface area contributed by atoms with Crippen molar-refractivity contribution in [2.24, 2.45) is 0 Å². The number of rotatable bonds is 6. The van der Waals surface area contributed by atoms with Crippen molar-refractivity contribution in [2.75, 3.05) is 19.6 Å². The zero-order chi connectivity index (χ0) is 23.7. The fourth-order valence-corrected chi connectivity index (χ4v) is 4.59. The lowest BCUT2D eigenvalue weighted by atomic mass is 10.0. The van der Waals surface area contributed by atoms with E-state index in [2.05, 4.69) is 10.1 Å². The summed E-state index contributed by atoms with van der Waals surface area (Å²) >= 11 is 0. The highest BCUT2D eigenvalue weighted by molar-refractivity contribution is 5.78. The van der Waals surface area contributed by atoms with Gasteiger partial charge >= 0.3 is 0 Å². The third-order valence-corrected chi connectivity index (χ3v) is 6.55. The maximum atomic E-state index is 14.8. The normalized spacial score (nSPS) is 16.1. The second-order valence-corrected chi connectivity index (χ2v) is 9.09. The van der Waals surface area contributed by atoms with Crippen LogP contribution < -0.4 is 0 Å². The number of halogens is 2. The molecule has 0 bridgehead atoms. The fourth-order valence-electron chi connectivity index (χ4n) is 4.59. The van der Waals surface area contributed by atoms with Crippen LogP contribution in [0.3, 0.4) is 0 Å². The summed E-state index contributed by atoms with van der Waals surface area (Å²) < 4.78 is 31.4. The monoisotopic (exact) mass is 462 g/mol. The first-order valence-electron chi connectivity index (χ1n) is 11.7. The number of aliphatic hydroxyl groups is 1. The maximum absolute atomic E-state index is 14.8.